The van der Waals surface area contributed by atoms with E-state index in [-0.39, 0.29) is 5.71 Å². The van der Waals surface area contributed by atoms with Crippen LogP contribution in [0, 0.1) is 11.3 Å². The molecule has 3 N–H and O–H groups in total. The van der Waals surface area contributed by atoms with Gasteiger partial charge >= 0.3 is 0 Å². The zero-order valence-electron chi connectivity index (χ0n) is 7.23. The van der Waals surface area contributed by atoms with Crippen LogP contribution in [0.25, 0.3) is 0 Å². The minimum atomic E-state index is -0.442. The summed E-state index contributed by atoms with van der Waals surface area (Å²) < 4.78 is 0. The van der Waals surface area contributed by atoms with E-state index >= 15 is 0 Å². The fourth-order valence-electron chi connectivity index (χ4n) is 1.36. The highest BCUT2D eigenvalue weighted by Gasteiger charge is 2.23. The molecule has 70 valence electrons. The van der Waals surface area contributed by atoms with Crippen molar-refractivity contribution in [2.45, 2.75) is 6.17 Å². The van der Waals surface area contributed by atoms with Crippen LogP contribution in [-0.4, -0.2) is 17.1 Å². The largest absolute Gasteiger partial charge is 0.410 e. The summed E-state index contributed by atoms with van der Waals surface area (Å²) in [6.07, 6.45) is -0.442. The van der Waals surface area contributed by atoms with Gasteiger partial charge in [0.15, 0.2) is 11.9 Å². The van der Waals surface area contributed by atoms with Gasteiger partial charge in [0.25, 0.3) is 0 Å². The number of nitrogens with one attached hydrogen (secondary N) is 2. The molecule has 5 heteroatoms. The van der Waals surface area contributed by atoms with Crippen molar-refractivity contribution >= 4 is 17.1 Å². The molecule has 1 aromatic carbocycles. The number of nitriles is 1. The highest BCUT2D eigenvalue weighted by atomic mass is 16.4. The van der Waals surface area contributed by atoms with Gasteiger partial charge in [0.2, 0.25) is 0 Å². The molecule has 0 unspecified atom stereocenters. The van der Waals surface area contributed by atoms with Crippen LogP contribution in [0.5, 0.6) is 0 Å². The van der Waals surface area contributed by atoms with Crippen LogP contribution in [0.1, 0.15) is 0 Å². The molecule has 0 saturated heterocycles. The molecule has 0 saturated carbocycles. The van der Waals surface area contributed by atoms with E-state index in [1.54, 1.807) is 6.07 Å². The number of hydrogen-bond acceptors (Lipinski definition) is 5. The quantitative estimate of drug-likeness (QED) is 0.351. The van der Waals surface area contributed by atoms with Crippen molar-refractivity contribution in [2.75, 3.05) is 10.6 Å². The fraction of sp³-hybridized carbons (Fsp3) is 0.111. The number of rotatable bonds is 1. The van der Waals surface area contributed by atoms with Gasteiger partial charge in [0.1, 0.15) is 6.07 Å². The summed E-state index contributed by atoms with van der Waals surface area (Å²) in [5, 5.41) is 26.1. The van der Waals surface area contributed by atoms with Crippen molar-refractivity contribution in [1.82, 2.24) is 0 Å². The van der Waals surface area contributed by atoms with Gasteiger partial charge in [-0.2, -0.15) is 5.26 Å². The van der Waals surface area contributed by atoms with E-state index in [9.17, 15) is 0 Å². The first-order chi connectivity index (χ1) is 6.85. The average Bonchev–Trinajstić information content (AvgIpc) is 2.63. The first-order valence-electron chi connectivity index (χ1n) is 4.09. The molecule has 0 amide bonds. The van der Waals surface area contributed by atoms with Gasteiger partial charge in [0.05, 0.1) is 11.4 Å². The zero-order chi connectivity index (χ0) is 9.97. The van der Waals surface area contributed by atoms with Crippen molar-refractivity contribution in [2.24, 2.45) is 5.16 Å². The lowest BCUT2D eigenvalue weighted by Gasteiger charge is -2.07. The molecule has 5 nitrogen and oxygen atoms in total. The molecule has 0 fully saturated rings. The van der Waals surface area contributed by atoms with Gasteiger partial charge in [-0.3, -0.25) is 0 Å². The second kappa shape index (κ2) is 3.26. The van der Waals surface area contributed by atoms with E-state index in [0.29, 0.717) is 0 Å². The minimum Gasteiger partial charge on any atom is -0.410 e. The molecule has 2 rings (SSSR count). The third-order valence-corrected chi connectivity index (χ3v) is 2.02. The summed E-state index contributed by atoms with van der Waals surface area (Å²) in [5.74, 6) is 0. The summed E-state index contributed by atoms with van der Waals surface area (Å²) in [4.78, 5) is 0. The Morgan fingerprint density at radius 3 is 2.36 bits per heavy atom. The van der Waals surface area contributed by atoms with Crippen molar-refractivity contribution in [3.63, 3.8) is 0 Å². The third kappa shape index (κ3) is 1.23. The van der Waals surface area contributed by atoms with Crippen molar-refractivity contribution in [1.29, 1.82) is 5.26 Å². The van der Waals surface area contributed by atoms with E-state index in [4.69, 9.17) is 10.5 Å². The summed E-state index contributed by atoms with van der Waals surface area (Å²) in [7, 11) is 0. The van der Waals surface area contributed by atoms with Crippen LogP contribution in [0.4, 0.5) is 11.4 Å². The maximum atomic E-state index is 8.64. The number of fused-ring (bicyclic) bond motifs is 1. The molecule has 0 aliphatic carbocycles. The molecule has 0 atom stereocenters. The van der Waals surface area contributed by atoms with Crippen LogP contribution < -0.4 is 10.6 Å². The molecule has 0 radical (unpaired) electrons. The molecule has 1 aliphatic rings. The highest BCUT2D eigenvalue weighted by Crippen LogP contribution is 2.28. The SMILES string of the molecule is N#C/C(=N\O)C1Nc2ccccc2N1. The Bertz CT molecular complexity index is 396. The van der Waals surface area contributed by atoms with E-state index in [1.165, 1.54) is 0 Å². The second-order valence-corrected chi connectivity index (χ2v) is 2.86. The lowest BCUT2D eigenvalue weighted by Crippen LogP contribution is -2.31. The van der Waals surface area contributed by atoms with Crippen LogP contribution in [0.15, 0.2) is 29.4 Å². The summed E-state index contributed by atoms with van der Waals surface area (Å²) in [5.41, 5.74) is 1.81. The third-order valence-electron chi connectivity index (χ3n) is 2.02. The van der Waals surface area contributed by atoms with Crippen LogP contribution >= 0.6 is 0 Å². The van der Waals surface area contributed by atoms with Gasteiger partial charge in [-0.05, 0) is 12.1 Å². The minimum absolute atomic E-state index is 0.0150. The number of nitrogens with zero attached hydrogens (tertiary/aromatic N) is 2. The Morgan fingerprint density at radius 2 is 1.93 bits per heavy atom. The Kier molecular flexibility index (Phi) is 1.95. The lowest BCUT2D eigenvalue weighted by molar-refractivity contribution is 0.318. The summed E-state index contributed by atoms with van der Waals surface area (Å²) >= 11 is 0. The normalized spacial score (nSPS) is 15.2. The van der Waals surface area contributed by atoms with E-state index in [1.807, 2.05) is 24.3 Å². The van der Waals surface area contributed by atoms with Crippen LogP contribution in [0.3, 0.4) is 0 Å². The first kappa shape index (κ1) is 8.38. The smallest absolute Gasteiger partial charge is 0.199 e. The molecule has 0 aromatic heterocycles. The maximum Gasteiger partial charge on any atom is 0.199 e. The predicted molar refractivity (Wildman–Crippen MR) is 52.3 cm³/mol. The molecule has 0 bridgehead atoms. The lowest BCUT2D eigenvalue weighted by atomic mass is 10.3. The standard InChI is InChI=1S/C9H8N4O/c10-5-8(13-14)9-11-6-3-1-2-4-7(6)12-9/h1-4,9,11-12,14H/b13-8+. The molecule has 1 aromatic rings. The van der Waals surface area contributed by atoms with Crippen LogP contribution in [0.2, 0.25) is 0 Å². The number of para-hydroxylation sites is 2. The van der Waals surface area contributed by atoms with Gasteiger partial charge in [-0.25, -0.2) is 0 Å². The van der Waals surface area contributed by atoms with Crippen molar-refractivity contribution in [3.05, 3.63) is 24.3 Å². The number of anilines is 2. The maximum absolute atomic E-state index is 8.64. The first-order valence-corrected chi connectivity index (χ1v) is 4.09. The van der Waals surface area contributed by atoms with E-state index in [0.717, 1.165) is 11.4 Å². The molecular formula is C9H8N4O. The van der Waals surface area contributed by atoms with Crippen molar-refractivity contribution < 1.29 is 5.21 Å². The topological polar surface area (TPSA) is 80.4 Å². The Hall–Kier alpha value is -2.22. The fourth-order valence-corrected chi connectivity index (χ4v) is 1.36. The van der Waals surface area contributed by atoms with E-state index < -0.39 is 6.17 Å². The number of oxime groups is 1. The summed E-state index contributed by atoms with van der Waals surface area (Å²) in [6.45, 7) is 0. The number of benzene rings is 1. The average molecular weight is 188 g/mol. The molecular weight excluding hydrogens is 180 g/mol. The monoisotopic (exact) mass is 188 g/mol. The molecule has 1 aliphatic heterocycles. The number of hydrogen-bond donors (Lipinski definition) is 3. The Morgan fingerprint density at radius 1 is 1.36 bits per heavy atom. The van der Waals surface area contributed by atoms with Gasteiger partial charge in [0, 0.05) is 0 Å². The van der Waals surface area contributed by atoms with Gasteiger partial charge in [-0.15, -0.1) is 0 Å². The zero-order valence-corrected chi connectivity index (χ0v) is 7.23. The van der Waals surface area contributed by atoms with Crippen molar-refractivity contribution in [3.8, 4) is 6.07 Å². The van der Waals surface area contributed by atoms with Crippen LogP contribution in [-0.2, 0) is 0 Å². The Balaban J connectivity index is 2.24. The summed E-state index contributed by atoms with van der Waals surface area (Å²) in [6, 6.07) is 9.34. The second-order valence-electron chi connectivity index (χ2n) is 2.86. The van der Waals surface area contributed by atoms with Gasteiger partial charge < -0.3 is 15.8 Å². The molecule has 0 spiro atoms. The molecule has 1 heterocycles. The molecule has 14 heavy (non-hydrogen) atoms. The van der Waals surface area contributed by atoms with E-state index in [2.05, 4.69) is 15.8 Å². The predicted octanol–water partition coefficient (Wildman–Crippen LogP) is 1.20. The van der Waals surface area contributed by atoms with Gasteiger partial charge in [-0.1, -0.05) is 17.3 Å². The highest BCUT2D eigenvalue weighted by molar-refractivity contribution is 6.07. The Labute approximate surface area is 80.7 Å².